The van der Waals surface area contributed by atoms with Gasteiger partial charge in [0, 0.05) is 5.92 Å². The van der Waals surface area contributed by atoms with Crippen LogP contribution in [-0.4, -0.2) is 0 Å². The van der Waals surface area contributed by atoms with Crippen LogP contribution in [-0.2, 0) is 0 Å². The molecule has 97 valence electrons. The van der Waals surface area contributed by atoms with E-state index in [2.05, 4.69) is 32.1 Å². The van der Waals surface area contributed by atoms with E-state index in [1.807, 2.05) is 0 Å². The van der Waals surface area contributed by atoms with Crippen molar-refractivity contribution in [3.8, 4) is 0 Å². The van der Waals surface area contributed by atoms with E-state index in [0.29, 0.717) is 5.92 Å². The highest BCUT2D eigenvalue weighted by Gasteiger charge is 2.09. The molecule has 0 spiro atoms. The molecule has 0 aromatic carbocycles. The third-order valence-electron chi connectivity index (χ3n) is 3.59. The van der Waals surface area contributed by atoms with Crippen LogP contribution in [0.1, 0.15) is 78.1 Å². The lowest BCUT2D eigenvalue weighted by Crippen LogP contribution is -1.90. The highest BCUT2D eigenvalue weighted by atomic mass is 14.1. The van der Waals surface area contributed by atoms with Crippen molar-refractivity contribution in [2.75, 3.05) is 0 Å². The maximum absolute atomic E-state index is 3.51. The van der Waals surface area contributed by atoms with Gasteiger partial charge in [-0.1, -0.05) is 76.5 Å². The topological polar surface area (TPSA) is 0 Å². The fraction of sp³-hybridized carbons (Fsp3) is 0.765. The van der Waals surface area contributed by atoms with E-state index in [1.165, 1.54) is 64.2 Å². The first-order valence-corrected chi connectivity index (χ1v) is 7.66. The summed E-state index contributed by atoms with van der Waals surface area (Å²) in [4.78, 5) is 0. The lowest BCUT2D eigenvalue weighted by Gasteiger charge is -2.04. The molecule has 0 heterocycles. The smallest absolute Gasteiger partial charge is 0.00268 e. The molecule has 0 aliphatic heterocycles. The van der Waals surface area contributed by atoms with Gasteiger partial charge in [-0.05, 0) is 25.3 Å². The van der Waals surface area contributed by atoms with Crippen LogP contribution in [0, 0.1) is 12.0 Å². The van der Waals surface area contributed by atoms with Gasteiger partial charge in [0.05, 0.1) is 0 Å². The van der Waals surface area contributed by atoms with Crippen molar-refractivity contribution in [2.45, 2.75) is 78.1 Å². The first kappa shape index (κ1) is 14.5. The summed E-state index contributed by atoms with van der Waals surface area (Å²) in [5, 5.41) is 0. The van der Waals surface area contributed by atoms with Crippen LogP contribution in [0.15, 0.2) is 17.7 Å². The number of rotatable bonds is 10. The maximum atomic E-state index is 3.51. The van der Waals surface area contributed by atoms with Gasteiger partial charge in [0.25, 0.3) is 0 Å². The lowest BCUT2D eigenvalue weighted by atomic mass is 10.0. The Morgan fingerprint density at radius 1 is 0.941 bits per heavy atom. The molecule has 0 N–H and O–H groups in total. The van der Waals surface area contributed by atoms with Gasteiger partial charge >= 0.3 is 0 Å². The molecule has 0 nitrogen and oxygen atoms in total. The molecular weight excluding hydrogens is 204 g/mol. The van der Waals surface area contributed by atoms with E-state index in [9.17, 15) is 0 Å². The second kappa shape index (κ2) is 9.50. The zero-order valence-electron chi connectivity index (χ0n) is 11.8. The molecule has 0 saturated heterocycles. The first-order chi connectivity index (χ1) is 8.36. The third kappa shape index (κ3) is 6.71. The predicted octanol–water partition coefficient (Wildman–Crippen LogP) is 5.84. The van der Waals surface area contributed by atoms with Crippen LogP contribution in [0.5, 0.6) is 0 Å². The summed E-state index contributed by atoms with van der Waals surface area (Å²) in [6.45, 7) is 4.55. The Bertz CT molecular complexity index is 234. The van der Waals surface area contributed by atoms with Crippen molar-refractivity contribution in [3.05, 3.63) is 23.8 Å². The fourth-order valence-electron chi connectivity index (χ4n) is 2.44. The second-order valence-electron chi connectivity index (χ2n) is 5.32. The summed E-state index contributed by atoms with van der Waals surface area (Å²) in [5.74, 6) is 0.632. The minimum Gasteiger partial charge on any atom is -0.0738 e. The van der Waals surface area contributed by atoms with Gasteiger partial charge in [-0.3, -0.25) is 0 Å². The Kier molecular flexibility index (Phi) is 8.13. The molecule has 0 amide bonds. The van der Waals surface area contributed by atoms with Crippen LogP contribution in [0.2, 0.25) is 0 Å². The molecule has 1 aliphatic carbocycles. The van der Waals surface area contributed by atoms with E-state index in [4.69, 9.17) is 0 Å². The Hall–Kier alpha value is -0.520. The van der Waals surface area contributed by atoms with Crippen molar-refractivity contribution in [2.24, 2.45) is 5.92 Å². The minimum atomic E-state index is 0.632. The Morgan fingerprint density at radius 2 is 1.65 bits per heavy atom. The van der Waals surface area contributed by atoms with Gasteiger partial charge < -0.3 is 0 Å². The monoisotopic (exact) mass is 233 g/mol. The molecule has 1 rings (SSSR count). The van der Waals surface area contributed by atoms with Crippen molar-refractivity contribution in [1.29, 1.82) is 0 Å². The average molecular weight is 233 g/mol. The third-order valence-corrected chi connectivity index (χ3v) is 3.59. The van der Waals surface area contributed by atoms with E-state index in [-0.39, 0.29) is 0 Å². The molecular formula is C17H29. The Morgan fingerprint density at radius 3 is 2.35 bits per heavy atom. The SMILES string of the molecule is CCCCCCC1=CC(CCCCCC)[C]=C1. The molecule has 0 heteroatoms. The predicted molar refractivity (Wildman–Crippen MR) is 76.9 cm³/mol. The normalized spacial score (nSPS) is 18.7. The molecule has 0 fully saturated rings. The summed E-state index contributed by atoms with van der Waals surface area (Å²) in [5.41, 5.74) is 1.54. The summed E-state index contributed by atoms with van der Waals surface area (Å²) in [6.07, 6.45) is 21.8. The largest absolute Gasteiger partial charge is 0.0738 e. The van der Waals surface area contributed by atoms with Crippen molar-refractivity contribution in [3.63, 3.8) is 0 Å². The van der Waals surface area contributed by atoms with Gasteiger partial charge in [0.15, 0.2) is 0 Å². The van der Waals surface area contributed by atoms with Crippen LogP contribution >= 0.6 is 0 Å². The quantitative estimate of drug-likeness (QED) is 0.416. The number of unbranched alkanes of at least 4 members (excludes halogenated alkanes) is 6. The van der Waals surface area contributed by atoms with Crippen LogP contribution in [0.3, 0.4) is 0 Å². The molecule has 0 aromatic heterocycles. The summed E-state index contributed by atoms with van der Waals surface area (Å²) < 4.78 is 0. The molecule has 1 unspecified atom stereocenters. The molecule has 0 saturated carbocycles. The molecule has 0 aromatic rings. The Balaban J connectivity index is 2.07. The van der Waals surface area contributed by atoms with E-state index in [0.717, 1.165) is 0 Å². The summed E-state index contributed by atoms with van der Waals surface area (Å²) in [6, 6.07) is 0. The van der Waals surface area contributed by atoms with Gasteiger partial charge in [-0.25, -0.2) is 0 Å². The number of hydrogen-bond acceptors (Lipinski definition) is 0. The molecule has 1 atom stereocenters. The van der Waals surface area contributed by atoms with Gasteiger partial charge in [0.2, 0.25) is 0 Å². The van der Waals surface area contributed by atoms with Crippen molar-refractivity contribution < 1.29 is 0 Å². The van der Waals surface area contributed by atoms with Crippen LogP contribution in [0.25, 0.3) is 0 Å². The fourth-order valence-corrected chi connectivity index (χ4v) is 2.44. The van der Waals surface area contributed by atoms with E-state index >= 15 is 0 Å². The van der Waals surface area contributed by atoms with Crippen molar-refractivity contribution >= 4 is 0 Å². The average Bonchev–Trinajstić information content (AvgIpc) is 2.78. The first-order valence-electron chi connectivity index (χ1n) is 7.66. The second-order valence-corrected chi connectivity index (χ2v) is 5.32. The minimum absolute atomic E-state index is 0.632. The molecule has 0 bridgehead atoms. The van der Waals surface area contributed by atoms with Crippen LogP contribution in [0.4, 0.5) is 0 Å². The highest BCUT2D eigenvalue weighted by molar-refractivity contribution is 5.25. The van der Waals surface area contributed by atoms with Gasteiger partial charge in [0.1, 0.15) is 0 Å². The Labute approximate surface area is 108 Å². The number of hydrogen-bond donors (Lipinski definition) is 0. The summed E-state index contributed by atoms with van der Waals surface area (Å²) in [7, 11) is 0. The van der Waals surface area contributed by atoms with Gasteiger partial charge in [-0.2, -0.15) is 0 Å². The zero-order valence-corrected chi connectivity index (χ0v) is 11.8. The number of allylic oxidation sites excluding steroid dienone is 4. The zero-order chi connectivity index (χ0) is 12.3. The highest BCUT2D eigenvalue weighted by Crippen LogP contribution is 2.24. The molecule has 1 radical (unpaired) electrons. The molecule has 17 heavy (non-hydrogen) atoms. The van der Waals surface area contributed by atoms with E-state index < -0.39 is 0 Å². The van der Waals surface area contributed by atoms with Crippen molar-refractivity contribution in [1.82, 2.24) is 0 Å². The standard InChI is InChI=1S/C17H29/c1-3-5-7-9-11-16-13-14-17(15-16)12-10-8-6-4-2/h13,15,17H,3-12H2,1-2H3. The summed E-state index contributed by atoms with van der Waals surface area (Å²) >= 11 is 0. The van der Waals surface area contributed by atoms with Crippen LogP contribution < -0.4 is 0 Å². The maximum Gasteiger partial charge on any atom is 0.00268 e. The van der Waals surface area contributed by atoms with E-state index in [1.54, 1.807) is 5.57 Å². The lowest BCUT2D eigenvalue weighted by molar-refractivity contribution is 0.585. The molecule has 1 aliphatic rings. The van der Waals surface area contributed by atoms with Gasteiger partial charge in [-0.15, -0.1) is 0 Å².